The lowest BCUT2D eigenvalue weighted by Crippen LogP contribution is -2.28. The summed E-state index contributed by atoms with van der Waals surface area (Å²) in [4.78, 5) is 22.5. The van der Waals surface area contributed by atoms with Crippen molar-refractivity contribution in [2.45, 2.75) is 180 Å². The molecule has 0 heterocycles. The summed E-state index contributed by atoms with van der Waals surface area (Å²) < 4.78 is 33.4. The summed E-state index contributed by atoms with van der Waals surface area (Å²) >= 11 is 0. The zero-order chi connectivity index (χ0) is 40.2. The number of nitrogens with two attached hydrogens (primary N) is 1. The van der Waals surface area contributed by atoms with Crippen LogP contribution in [0.4, 0.5) is 0 Å². The van der Waals surface area contributed by atoms with Gasteiger partial charge in [0.15, 0.2) is 0 Å². The maximum Gasteiger partial charge on any atom is 0.472 e. The van der Waals surface area contributed by atoms with Gasteiger partial charge >= 0.3 is 13.8 Å². The number of hydrogen-bond donors (Lipinski definition) is 2. The molecule has 0 aliphatic heterocycles. The molecule has 0 aromatic rings. The van der Waals surface area contributed by atoms with E-state index in [0.717, 1.165) is 83.5 Å². The van der Waals surface area contributed by atoms with Gasteiger partial charge in [-0.1, -0.05) is 157 Å². The van der Waals surface area contributed by atoms with Crippen LogP contribution in [0, 0.1) is 0 Å². The summed E-state index contributed by atoms with van der Waals surface area (Å²) in [5, 5.41) is 0. The first-order valence-corrected chi connectivity index (χ1v) is 23.4. The van der Waals surface area contributed by atoms with Crippen molar-refractivity contribution in [2.75, 3.05) is 33.0 Å². The maximum atomic E-state index is 12.6. The number of carbonyl (C=O) groups is 1. The molecule has 0 spiro atoms. The van der Waals surface area contributed by atoms with Crippen LogP contribution in [0.3, 0.4) is 0 Å². The van der Waals surface area contributed by atoms with Gasteiger partial charge in [-0.15, -0.1) is 0 Å². The fraction of sp³-hybridized carbons (Fsp3) is 0.717. The van der Waals surface area contributed by atoms with E-state index < -0.39 is 13.9 Å². The zero-order valence-corrected chi connectivity index (χ0v) is 36.0. The minimum atomic E-state index is -4.29. The van der Waals surface area contributed by atoms with Crippen LogP contribution in [-0.2, 0) is 27.9 Å². The second-order valence-corrected chi connectivity index (χ2v) is 15.6. The van der Waals surface area contributed by atoms with Crippen molar-refractivity contribution in [1.82, 2.24) is 0 Å². The van der Waals surface area contributed by atoms with E-state index in [1.807, 2.05) is 0 Å². The Labute approximate surface area is 337 Å². The third-order valence-corrected chi connectivity index (χ3v) is 9.84. The van der Waals surface area contributed by atoms with Gasteiger partial charge in [0.05, 0.1) is 19.8 Å². The molecule has 2 unspecified atom stereocenters. The Morgan fingerprint density at radius 3 is 1.55 bits per heavy atom. The molecule has 8 nitrogen and oxygen atoms in total. The van der Waals surface area contributed by atoms with E-state index in [2.05, 4.69) is 86.8 Å². The molecule has 0 radical (unpaired) electrons. The molecule has 0 aromatic heterocycles. The minimum Gasteiger partial charge on any atom is -0.457 e. The Balaban J connectivity index is 4.10. The highest BCUT2D eigenvalue weighted by Gasteiger charge is 2.25. The van der Waals surface area contributed by atoms with Crippen molar-refractivity contribution in [3.63, 3.8) is 0 Å². The Morgan fingerprint density at radius 2 is 1.02 bits per heavy atom. The topological polar surface area (TPSA) is 117 Å². The molecule has 0 aromatic carbocycles. The highest BCUT2D eigenvalue weighted by atomic mass is 31.2. The number of ether oxygens (including phenoxy) is 2. The molecule has 0 rings (SSSR count). The first-order chi connectivity index (χ1) is 26.9. The Kier molecular flexibility index (Phi) is 41.5. The highest BCUT2D eigenvalue weighted by molar-refractivity contribution is 7.47. The quantitative estimate of drug-likeness (QED) is 0.0272. The fourth-order valence-electron chi connectivity index (χ4n) is 5.66. The van der Waals surface area contributed by atoms with Gasteiger partial charge in [-0.25, -0.2) is 4.57 Å². The van der Waals surface area contributed by atoms with Crippen LogP contribution in [0.5, 0.6) is 0 Å². The second-order valence-electron chi connectivity index (χ2n) is 14.2. The number of unbranched alkanes of at least 4 members (excludes halogenated alkanes) is 16. The van der Waals surface area contributed by atoms with E-state index in [1.165, 1.54) is 70.6 Å². The maximum absolute atomic E-state index is 12.6. The third-order valence-electron chi connectivity index (χ3n) is 8.86. The lowest BCUT2D eigenvalue weighted by molar-refractivity contribution is -0.154. The summed E-state index contributed by atoms with van der Waals surface area (Å²) in [5.74, 6) is -0.353. The van der Waals surface area contributed by atoms with Gasteiger partial charge in [0, 0.05) is 19.6 Å². The van der Waals surface area contributed by atoms with Gasteiger partial charge in [-0.3, -0.25) is 13.8 Å². The molecule has 0 saturated carbocycles. The zero-order valence-electron chi connectivity index (χ0n) is 35.1. The third kappa shape index (κ3) is 42.9. The van der Waals surface area contributed by atoms with Crippen molar-refractivity contribution in [3.05, 3.63) is 72.9 Å². The largest absolute Gasteiger partial charge is 0.472 e. The SMILES string of the molecule is CC/C=C\C/C=C\C/C=C\C/C=C\C/C=C\CCCCCCCC(=O)OC(COCCCCCCCC/C=C\CCCCCCC)COP(=O)(O)OCCN. The van der Waals surface area contributed by atoms with Gasteiger partial charge in [-0.2, -0.15) is 0 Å². The van der Waals surface area contributed by atoms with E-state index in [9.17, 15) is 14.3 Å². The molecule has 3 N–H and O–H groups in total. The monoisotopic (exact) mass is 792 g/mol. The van der Waals surface area contributed by atoms with Crippen molar-refractivity contribution < 1.29 is 32.8 Å². The molecule has 0 fully saturated rings. The van der Waals surface area contributed by atoms with Crippen LogP contribution in [-0.4, -0.2) is 49.9 Å². The van der Waals surface area contributed by atoms with Gasteiger partial charge in [-0.05, 0) is 83.5 Å². The molecule has 0 bridgehead atoms. The van der Waals surface area contributed by atoms with Crippen molar-refractivity contribution in [1.29, 1.82) is 0 Å². The van der Waals surface area contributed by atoms with Crippen LogP contribution in [0.2, 0.25) is 0 Å². The summed E-state index contributed by atoms with van der Waals surface area (Å²) in [5.41, 5.74) is 5.37. The van der Waals surface area contributed by atoms with E-state index in [1.54, 1.807) is 0 Å². The average Bonchev–Trinajstić information content (AvgIpc) is 3.17. The molecule has 9 heteroatoms. The number of phosphoric ester groups is 1. The average molecular weight is 792 g/mol. The summed E-state index contributed by atoms with van der Waals surface area (Å²) in [6, 6.07) is 0. The highest BCUT2D eigenvalue weighted by Crippen LogP contribution is 2.43. The van der Waals surface area contributed by atoms with Gasteiger partial charge in [0.2, 0.25) is 0 Å². The lowest BCUT2D eigenvalue weighted by atomic mass is 10.1. The smallest absolute Gasteiger partial charge is 0.457 e. The first-order valence-electron chi connectivity index (χ1n) is 21.9. The lowest BCUT2D eigenvalue weighted by Gasteiger charge is -2.20. The van der Waals surface area contributed by atoms with E-state index >= 15 is 0 Å². The van der Waals surface area contributed by atoms with E-state index in [-0.39, 0.29) is 32.3 Å². The molecule has 318 valence electrons. The number of carbonyl (C=O) groups excluding carboxylic acids is 1. The number of hydrogen-bond acceptors (Lipinski definition) is 7. The molecule has 0 saturated heterocycles. The van der Waals surface area contributed by atoms with E-state index in [0.29, 0.717) is 13.0 Å². The molecular weight excluding hydrogens is 709 g/mol. The number of rotatable bonds is 41. The minimum absolute atomic E-state index is 0.0924. The number of phosphoric acid groups is 1. The van der Waals surface area contributed by atoms with Gasteiger partial charge < -0.3 is 20.1 Å². The van der Waals surface area contributed by atoms with Crippen molar-refractivity contribution in [3.8, 4) is 0 Å². The predicted molar refractivity (Wildman–Crippen MR) is 233 cm³/mol. The van der Waals surface area contributed by atoms with E-state index in [4.69, 9.17) is 24.3 Å². The normalized spacial score (nSPS) is 14.2. The summed E-state index contributed by atoms with van der Waals surface area (Å²) in [6.45, 7) is 4.75. The first kappa shape index (κ1) is 52.9. The van der Waals surface area contributed by atoms with Gasteiger partial charge in [0.1, 0.15) is 6.10 Å². The fourth-order valence-corrected chi connectivity index (χ4v) is 6.43. The summed E-state index contributed by atoms with van der Waals surface area (Å²) in [7, 11) is -4.29. The molecule has 0 aliphatic carbocycles. The van der Waals surface area contributed by atoms with Gasteiger partial charge in [0.25, 0.3) is 0 Å². The van der Waals surface area contributed by atoms with Crippen LogP contribution < -0.4 is 5.73 Å². The van der Waals surface area contributed by atoms with Crippen LogP contribution in [0.25, 0.3) is 0 Å². The van der Waals surface area contributed by atoms with Crippen molar-refractivity contribution in [2.24, 2.45) is 5.73 Å². The second kappa shape index (κ2) is 43.1. The standard InChI is InChI=1S/C46H82NO7P/c1-3-5-7-9-11-13-15-17-19-20-21-22-23-24-25-27-29-31-33-35-37-39-46(48)54-45(44-53-55(49,50)52-42-40-47)43-51-41-38-36-34-32-30-28-26-18-16-14-12-10-8-6-4-2/h5,7,11,13,16-19,21-22,24-25,45H,3-4,6,8-10,12,14-15,20,23,26-44,47H2,1-2H3,(H,49,50)/b7-5-,13-11-,18-16-,19-17-,22-21-,25-24-. The van der Waals surface area contributed by atoms with Crippen LogP contribution in [0.1, 0.15) is 174 Å². The number of esters is 1. The molecule has 0 amide bonds. The molecular formula is C46H82NO7P. The Hall–Kier alpha value is -2.06. The van der Waals surface area contributed by atoms with Crippen LogP contribution >= 0.6 is 7.82 Å². The number of allylic oxidation sites excluding steroid dienone is 12. The predicted octanol–water partition coefficient (Wildman–Crippen LogP) is 13.1. The Morgan fingerprint density at radius 1 is 0.564 bits per heavy atom. The Bertz CT molecular complexity index is 1070. The van der Waals surface area contributed by atoms with Crippen molar-refractivity contribution >= 4 is 13.8 Å². The summed E-state index contributed by atoms with van der Waals surface area (Å²) in [6.07, 6.45) is 53.4. The molecule has 0 aliphatic rings. The van der Waals surface area contributed by atoms with Crippen LogP contribution in [0.15, 0.2) is 72.9 Å². The molecule has 55 heavy (non-hydrogen) atoms. The molecule has 2 atom stereocenters.